The summed E-state index contributed by atoms with van der Waals surface area (Å²) < 4.78 is 4.71. The minimum atomic E-state index is -0.952. The lowest BCUT2D eigenvalue weighted by atomic mass is 9.73. The van der Waals surface area contributed by atoms with Crippen LogP contribution < -0.4 is 16.0 Å². The Morgan fingerprint density at radius 2 is 2.04 bits per heavy atom. The van der Waals surface area contributed by atoms with E-state index in [1.165, 1.54) is 7.05 Å². The molecule has 1 aliphatic carbocycles. The predicted molar refractivity (Wildman–Crippen MR) is 84.2 cm³/mol. The zero-order valence-electron chi connectivity index (χ0n) is 14.2. The van der Waals surface area contributed by atoms with Gasteiger partial charge >= 0.3 is 18.0 Å². The van der Waals surface area contributed by atoms with Crippen LogP contribution in [0.1, 0.15) is 32.6 Å². The minimum absolute atomic E-state index is 0.0166. The Hall–Kier alpha value is -2.65. The lowest BCUT2D eigenvalue weighted by Crippen LogP contribution is -2.54. The van der Waals surface area contributed by atoms with E-state index in [1.54, 1.807) is 0 Å². The largest absolute Gasteiger partial charge is 0.454 e. The maximum absolute atomic E-state index is 12.7. The molecule has 6 amide bonds. The van der Waals surface area contributed by atoms with Gasteiger partial charge in [-0.2, -0.15) is 0 Å². The van der Waals surface area contributed by atoms with Crippen molar-refractivity contribution in [1.29, 1.82) is 0 Å². The van der Waals surface area contributed by atoms with Crippen LogP contribution in [0.4, 0.5) is 9.59 Å². The molecule has 10 nitrogen and oxygen atoms in total. The molecule has 0 unspecified atom stereocenters. The molecule has 1 aliphatic heterocycles. The van der Waals surface area contributed by atoms with Gasteiger partial charge in [0.25, 0.3) is 11.8 Å². The Bertz CT molecular complexity index is 607. The van der Waals surface area contributed by atoms with E-state index in [0.29, 0.717) is 6.42 Å². The predicted octanol–water partition coefficient (Wildman–Crippen LogP) is -0.514. The van der Waals surface area contributed by atoms with E-state index in [9.17, 15) is 24.0 Å². The quantitative estimate of drug-likeness (QED) is 0.460. The Morgan fingerprint density at radius 3 is 2.68 bits per heavy atom. The summed E-state index contributed by atoms with van der Waals surface area (Å²) >= 11 is 0. The summed E-state index contributed by atoms with van der Waals surface area (Å²) in [5, 5.41) is 6.82. The van der Waals surface area contributed by atoms with Crippen LogP contribution >= 0.6 is 0 Å². The van der Waals surface area contributed by atoms with Gasteiger partial charge < -0.3 is 15.4 Å². The number of carbonyl (C=O) groups excluding carboxylic acids is 5. The van der Waals surface area contributed by atoms with E-state index >= 15 is 0 Å². The van der Waals surface area contributed by atoms with Crippen molar-refractivity contribution in [2.75, 3.05) is 20.2 Å². The minimum Gasteiger partial charge on any atom is -0.454 e. The Balaban J connectivity index is 1.90. The van der Waals surface area contributed by atoms with Crippen LogP contribution in [0.15, 0.2) is 0 Å². The molecule has 2 rings (SSSR count). The second kappa shape index (κ2) is 7.49. The summed E-state index contributed by atoms with van der Waals surface area (Å²) in [6.07, 6.45) is 3.19. The molecule has 1 saturated carbocycles. The van der Waals surface area contributed by atoms with Gasteiger partial charge in [-0.3, -0.25) is 24.6 Å². The summed E-state index contributed by atoms with van der Waals surface area (Å²) in [6.45, 7) is 0.645. The van der Waals surface area contributed by atoms with E-state index in [1.807, 2.05) is 12.2 Å². The second-order valence-electron chi connectivity index (χ2n) is 6.23. The number of carbonyl (C=O) groups is 5. The molecule has 0 bridgehead atoms. The number of urea groups is 2. The summed E-state index contributed by atoms with van der Waals surface area (Å²) in [5.74, 6) is -2.17. The van der Waals surface area contributed by atoms with Crippen molar-refractivity contribution in [2.24, 2.45) is 5.92 Å². The van der Waals surface area contributed by atoms with Gasteiger partial charge in [-0.1, -0.05) is 19.8 Å². The van der Waals surface area contributed by atoms with Crippen molar-refractivity contribution in [1.82, 2.24) is 20.9 Å². The van der Waals surface area contributed by atoms with Crippen LogP contribution in [0.25, 0.3) is 0 Å². The first kappa shape index (κ1) is 18.7. The van der Waals surface area contributed by atoms with E-state index in [-0.39, 0.29) is 5.92 Å². The van der Waals surface area contributed by atoms with Gasteiger partial charge in [0, 0.05) is 7.05 Å². The average molecular weight is 354 g/mol. The Labute approximate surface area is 144 Å². The zero-order valence-corrected chi connectivity index (χ0v) is 14.2. The number of nitrogens with zero attached hydrogens (tertiary/aromatic N) is 1. The van der Waals surface area contributed by atoms with Gasteiger partial charge in [0.1, 0.15) is 12.1 Å². The third-order valence-corrected chi connectivity index (χ3v) is 4.63. The maximum Gasteiger partial charge on any atom is 0.326 e. The molecule has 0 radical (unpaired) electrons. The van der Waals surface area contributed by atoms with Crippen LogP contribution in [-0.4, -0.2) is 60.5 Å². The van der Waals surface area contributed by atoms with Gasteiger partial charge in [0.2, 0.25) is 0 Å². The highest BCUT2D eigenvalue weighted by Gasteiger charge is 2.55. The molecule has 1 saturated heterocycles. The van der Waals surface area contributed by atoms with Crippen molar-refractivity contribution in [3.8, 4) is 0 Å². The molecule has 2 aliphatic rings. The van der Waals surface area contributed by atoms with Crippen molar-refractivity contribution >= 4 is 29.8 Å². The van der Waals surface area contributed by atoms with E-state index in [2.05, 4.69) is 10.6 Å². The molecular formula is C15H22N4O6. The average Bonchev–Trinajstić information content (AvgIpc) is 2.80. The highest BCUT2D eigenvalue weighted by Crippen LogP contribution is 2.38. The van der Waals surface area contributed by atoms with E-state index in [0.717, 1.165) is 24.2 Å². The zero-order chi connectivity index (χ0) is 18.6. The number of esters is 1. The Kier molecular flexibility index (Phi) is 5.60. The fourth-order valence-electron chi connectivity index (χ4n) is 3.19. The maximum atomic E-state index is 12.7. The first-order valence-corrected chi connectivity index (χ1v) is 8.11. The molecule has 25 heavy (non-hydrogen) atoms. The number of nitrogens with one attached hydrogen (secondary N) is 3. The van der Waals surface area contributed by atoms with Crippen LogP contribution in [0.2, 0.25) is 0 Å². The smallest absolute Gasteiger partial charge is 0.326 e. The summed E-state index contributed by atoms with van der Waals surface area (Å²) in [7, 11) is 1.33. The molecule has 10 heteroatoms. The topological polar surface area (TPSA) is 134 Å². The monoisotopic (exact) mass is 354 g/mol. The van der Waals surface area contributed by atoms with Gasteiger partial charge in [0.05, 0.1) is 0 Å². The van der Waals surface area contributed by atoms with Crippen LogP contribution in [0.3, 0.4) is 0 Å². The van der Waals surface area contributed by atoms with Gasteiger partial charge in [0.15, 0.2) is 6.61 Å². The van der Waals surface area contributed by atoms with Gasteiger partial charge in [-0.25, -0.2) is 9.59 Å². The van der Waals surface area contributed by atoms with Crippen molar-refractivity contribution in [3.05, 3.63) is 0 Å². The molecule has 138 valence electrons. The standard InChI is InChI=1S/C15H22N4O6/c1-9-5-3-4-6-15(9)12(22)19(14(24)18-15)7-11(21)25-8-10(20)17-13(23)16-2/h9H,3-8H2,1-2H3,(H,18,24)(H2,16,17,20,23)/t9-,15+/m0/s1. The van der Waals surface area contributed by atoms with E-state index in [4.69, 9.17) is 4.74 Å². The van der Waals surface area contributed by atoms with Crippen LogP contribution in [-0.2, 0) is 19.1 Å². The number of imide groups is 2. The molecule has 0 aromatic rings. The number of hydrogen-bond donors (Lipinski definition) is 3. The molecule has 3 N–H and O–H groups in total. The lowest BCUT2D eigenvalue weighted by molar-refractivity contribution is -0.151. The normalized spacial score (nSPS) is 25.5. The second-order valence-corrected chi connectivity index (χ2v) is 6.23. The number of ether oxygens (including phenoxy) is 1. The summed E-state index contributed by atoms with van der Waals surface area (Å²) in [5.41, 5.74) is -0.952. The summed E-state index contributed by atoms with van der Waals surface area (Å²) in [4.78, 5) is 59.7. The van der Waals surface area contributed by atoms with Crippen LogP contribution in [0.5, 0.6) is 0 Å². The fourth-order valence-corrected chi connectivity index (χ4v) is 3.19. The van der Waals surface area contributed by atoms with Crippen molar-refractivity contribution < 1.29 is 28.7 Å². The fraction of sp³-hybridized carbons (Fsp3) is 0.667. The molecule has 1 spiro atoms. The third-order valence-electron chi connectivity index (χ3n) is 4.63. The number of hydrogen-bond acceptors (Lipinski definition) is 6. The van der Waals surface area contributed by atoms with Crippen molar-refractivity contribution in [2.45, 2.75) is 38.1 Å². The van der Waals surface area contributed by atoms with Crippen LogP contribution in [0, 0.1) is 5.92 Å². The highest BCUT2D eigenvalue weighted by atomic mass is 16.5. The summed E-state index contributed by atoms with van der Waals surface area (Å²) in [6, 6.07) is -1.37. The molecular weight excluding hydrogens is 332 g/mol. The van der Waals surface area contributed by atoms with Gasteiger partial charge in [-0.05, 0) is 18.8 Å². The molecule has 2 atom stereocenters. The molecule has 1 heterocycles. The highest BCUT2D eigenvalue weighted by molar-refractivity contribution is 6.09. The first-order valence-electron chi connectivity index (χ1n) is 8.11. The molecule has 2 fully saturated rings. The van der Waals surface area contributed by atoms with Crippen molar-refractivity contribution in [3.63, 3.8) is 0 Å². The SMILES string of the molecule is CNC(=O)NC(=O)COC(=O)CN1C(=O)N[C@@]2(CCCC[C@@H]2C)C1=O. The first-order chi connectivity index (χ1) is 11.8. The lowest BCUT2D eigenvalue weighted by Gasteiger charge is -2.36. The molecule has 0 aromatic heterocycles. The Morgan fingerprint density at radius 1 is 1.32 bits per heavy atom. The van der Waals surface area contributed by atoms with Gasteiger partial charge in [-0.15, -0.1) is 0 Å². The number of rotatable bonds is 4. The van der Waals surface area contributed by atoms with E-state index < -0.39 is 48.5 Å². The number of amides is 6. The molecule has 0 aromatic carbocycles. The third kappa shape index (κ3) is 3.89.